The average Bonchev–Trinajstić information content (AvgIpc) is 2.85. The van der Waals surface area contributed by atoms with E-state index in [2.05, 4.69) is 0 Å². The predicted octanol–water partition coefficient (Wildman–Crippen LogP) is 2.52. The van der Waals surface area contributed by atoms with Crippen molar-refractivity contribution in [3.8, 4) is 0 Å². The van der Waals surface area contributed by atoms with E-state index < -0.39 is 0 Å². The Hall–Kier alpha value is -1.27. The molecule has 1 aromatic rings. The van der Waals surface area contributed by atoms with Crippen LogP contribution in [0.2, 0.25) is 0 Å². The number of rotatable bonds is 3. The molecule has 4 nitrogen and oxygen atoms in total. The summed E-state index contributed by atoms with van der Waals surface area (Å²) in [6.45, 7) is 2.37. The van der Waals surface area contributed by atoms with Crippen molar-refractivity contribution in [2.45, 2.75) is 6.92 Å². The smallest absolute Gasteiger partial charge is 0.276 e. The lowest BCUT2D eigenvalue weighted by molar-refractivity contribution is -0.113. The van der Waals surface area contributed by atoms with Crippen LogP contribution in [0.4, 0.5) is 5.88 Å². The molecule has 1 saturated heterocycles. The Morgan fingerprint density at radius 1 is 1.69 bits per heavy atom. The Balaban J connectivity index is 2.24. The van der Waals surface area contributed by atoms with Gasteiger partial charge < -0.3 is 9.15 Å². The van der Waals surface area contributed by atoms with Gasteiger partial charge in [-0.1, -0.05) is 24.0 Å². The molecule has 0 radical (unpaired) electrons. The monoisotopic (exact) mass is 255 g/mol. The first kappa shape index (κ1) is 11.2. The Kier molecular flexibility index (Phi) is 3.31. The third kappa shape index (κ3) is 1.98. The largest absolute Gasteiger partial charge is 0.500 e. The molecule has 2 rings (SSSR count). The van der Waals surface area contributed by atoms with E-state index in [-0.39, 0.29) is 5.91 Å². The van der Waals surface area contributed by atoms with E-state index in [1.807, 2.05) is 6.92 Å². The van der Waals surface area contributed by atoms with Gasteiger partial charge in [-0.2, -0.15) is 0 Å². The van der Waals surface area contributed by atoms with Gasteiger partial charge in [-0.05, 0) is 13.0 Å². The summed E-state index contributed by atoms with van der Waals surface area (Å²) in [5.41, 5.74) is 0. The van der Waals surface area contributed by atoms with Crippen LogP contribution in [0.3, 0.4) is 0 Å². The van der Waals surface area contributed by atoms with Crippen molar-refractivity contribution in [3.63, 3.8) is 0 Å². The highest BCUT2D eigenvalue weighted by molar-refractivity contribution is 8.27. The highest BCUT2D eigenvalue weighted by atomic mass is 32.2. The Bertz CT molecular complexity index is 439. The molecule has 0 saturated carbocycles. The number of anilines is 1. The zero-order valence-corrected chi connectivity index (χ0v) is 10.1. The van der Waals surface area contributed by atoms with Crippen molar-refractivity contribution in [3.05, 3.63) is 29.6 Å². The summed E-state index contributed by atoms with van der Waals surface area (Å²) in [5.74, 6) is 0.223. The standard InChI is InChI=1S/C10H9NO3S2/c1-2-13-6-7-9(12)11(10(15)16-7)8-4-3-5-14-8/h3-6H,2H2,1H3/b7-6-. The Morgan fingerprint density at radius 2 is 2.50 bits per heavy atom. The van der Waals surface area contributed by atoms with Crippen LogP contribution in [0.25, 0.3) is 0 Å². The van der Waals surface area contributed by atoms with Crippen molar-refractivity contribution in [2.24, 2.45) is 0 Å². The number of thiocarbonyl (C=S) groups is 1. The number of nitrogens with zero attached hydrogens (tertiary/aromatic N) is 1. The lowest BCUT2D eigenvalue weighted by atomic mass is 10.5. The number of amides is 1. The number of carbonyl (C=O) groups is 1. The SMILES string of the molecule is CCO/C=C1\SC(=S)N(c2ccco2)C1=O. The minimum absolute atomic E-state index is 0.210. The van der Waals surface area contributed by atoms with E-state index in [0.29, 0.717) is 21.7 Å². The van der Waals surface area contributed by atoms with Crippen LogP contribution in [0.15, 0.2) is 34.0 Å². The molecule has 1 fully saturated rings. The third-order valence-corrected chi connectivity index (χ3v) is 3.16. The highest BCUT2D eigenvalue weighted by Gasteiger charge is 2.35. The topological polar surface area (TPSA) is 42.7 Å². The molecule has 16 heavy (non-hydrogen) atoms. The zero-order valence-electron chi connectivity index (χ0n) is 8.50. The molecule has 1 amide bonds. The second-order valence-electron chi connectivity index (χ2n) is 2.90. The number of hydrogen-bond acceptors (Lipinski definition) is 5. The maximum atomic E-state index is 11.9. The molecule has 0 N–H and O–H groups in total. The zero-order chi connectivity index (χ0) is 11.5. The van der Waals surface area contributed by atoms with Gasteiger partial charge in [0.2, 0.25) is 5.88 Å². The molecule has 0 spiro atoms. The molecule has 6 heteroatoms. The Labute approximate surface area is 102 Å². The number of furan rings is 1. The van der Waals surface area contributed by atoms with E-state index in [4.69, 9.17) is 21.4 Å². The van der Waals surface area contributed by atoms with Crippen molar-refractivity contribution >= 4 is 40.1 Å². The third-order valence-electron chi connectivity index (χ3n) is 1.88. The lowest BCUT2D eigenvalue weighted by Gasteiger charge is -2.09. The first-order chi connectivity index (χ1) is 7.74. The fraction of sp³-hybridized carbons (Fsp3) is 0.200. The minimum Gasteiger partial charge on any atom is -0.500 e. The summed E-state index contributed by atoms with van der Waals surface area (Å²) >= 11 is 6.31. The maximum Gasteiger partial charge on any atom is 0.276 e. The molecule has 1 aliphatic rings. The van der Waals surface area contributed by atoms with Gasteiger partial charge >= 0.3 is 0 Å². The van der Waals surface area contributed by atoms with Gasteiger partial charge in [-0.15, -0.1) is 0 Å². The van der Waals surface area contributed by atoms with Crippen LogP contribution in [0.1, 0.15) is 6.92 Å². The first-order valence-corrected chi connectivity index (χ1v) is 5.88. The molecule has 1 aliphatic heterocycles. The Morgan fingerprint density at radius 3 is 3.12 bits per heavy atom. The number of thioether (sulfide) groups is 1. The highest BCUT2D eigenvalue weighted by Crippen LogP contribution is 2.34. The summed E-state index contributed by atoms with van der Waals surface area (Å²) < 4.78 is 10.7. The fourth-order valence-corrected chi connectivity index (χ4v) is 2.39. The van der Waals surface area contributed by atoms with E-state index in [9.17, 15) is 4.79 Å². The van der Waals surface area contributed by atoms with Crippen molar-refractivity contribution in [1.29, 1.82) is 0 Å². The fourth-order valence-electron chi connectivity index (χ4n) is 1.20. The van der Waals surface area contributed by atoms with Gasteiger partial charge in [0.05, 0.1) is 12.9 Å². The molecule has 2 heterocycles. The molecule has 0 aromatic carbocycles. The molecule has 0 aliphatic carbocycles. The summed E-state index contributed by atoms with van der Waals surface area (Å²) in [6, 6.07) is 3.40. The molecule has 0 atom stereocenters. The van der Waals surface area contributed by atoms with Gasteiger partial charge in [0.1, 0.15) is 11.2 Å². The molecule has 84 valence electrons. The molecular weight excluding hydrogens is 246 g/mol. The van der Waals surface area contributed by atoms with E-state index in [1.165, 1.54) is 29.2 Å². The van der Waals surface area contributed by atoms with Crippen LogP contribution in [0.5, 0.6) is 0 Å². The van der Waals surface area contributed by atoms with Crippen LogP contribution >= 0.6 is 24.0 Å². The second-order valence-corrected chi connectivity index (χ2v) is 4.57. The van der Waals surface area contributed by atoms with Crippen LogP contribution in [-0.4, -0.2) is 16.8 Å². The van der Waals surface area contributed by atoms with Gasteiger partial charge in [0.25, 0.3) is 5.91 Å². The van der Waals surface area contributed by atoms with Gasteiger partial charge in [0, 0.05) is 6.07 Å². The summed E-state index contributed by atoms with van der Waals surface area (Å²) in [7, 11) is 0. The number of carbonyl (C=O) groups excluding carboxylic acids is 1. The van der Waals surface area contributed by atoms with Gasteiger partial charge in [0.15, 0.2) is 4.32 Å². The predicted molar refractivity (Wildman–Crippen MR) is 66.1 cm³/mol. The van der Waals surface area contributed by atoms with E-state index in [1.54, 1.807) is 12.1 Å². The normalized spacial score (nSPS) is 18.6. The summed E-state index contributed by atoms with van der Waals surface area (Å²) in [5, 5.41) is 0. The van der Waals surface area contributed by atoms with Gasteiger partial charge in [-0.3, -0.25) is 4.79 Å². The summed E-state index contributed by atoms with van der Waals surface area (Å²) in [6.07, 6.45) is 2.93. The maximum absolute atomic E-state index is 11.9. The average molecular weight is 255 g/mol. The van der Waals surface area contributed by atoms with Crippen LogP contribution < -0.4 is 4.90 Å². The van der Waals surface area contributed by atoms with Crippen LogP contribution in [-0.2, 0) is 9.53 Å². The molecular formula is C10H9NO3S2. The van der Waals surface area contributed by atoms with Crippen molar-refractivity contribution < 1.29 is 13.9 Å². The summed E-state index contributed by atoms with van der Waals surface area (Å²) in [4.78, 5) is 13.8. The molecule has 0 unspecified atom stereocenters. The molecule has 1 aromatic heterocycles. The van der Waals surface area contributed by atoms with Gasteiger partial charge in [-0.25, -0.2) is 4.90 Å². The quantitative estimate of drug-likeness (QED) is 0.471. The second kappa shape index (κ2) is 4.71. The van der Waals surface area contributed by atoms with E-state index >= 15 is 0 Å². The molecule has 0 bridgehead atoms. The minimum atomic E-state index is -0.210. The van der Waals surface area contributed by atoms with Crippen molar-refractivity contribution in [1.82, 2.24) is 0 Å². The van der Waals surface area contributed by atoms with Crippen LogP contribution in [0, 0.1) is 0 Å². The van der Waals surface area contributed by atoms with Crippen molar-refractivity contribution in [2.75, 3.05) is 11.5 Å². The first-order valence-electron chi connectivity index (χ1n) is 4.65. The number of ether oxygens (including phenoxy) is 1. The lowest BCUT2D eigenvalue weighted by Crippen LogP contribution is -2.26. The van der Waals surface area contributed by atoms with E-state index in [0.717, 1.165) is 0 Å². The number of hydrogen-bond donors (Lipinski definition) is 0.